The Labute approximate surface area is 103 Å². The maximum absolute atomic E-state index is 10.9. The lowest BCUT2D eigenvalue weighted by Crippen LogP contribution is -2.28. The number of hydrogen-bond donors (Lipinski definition) is 2. The average molecular weight is 252 g/mol. The highest BCUT2D eigenvalue weighted by atomic mass is 16.4. The SMILES string of the molecule is O=C([O-])c1ccc(C(=O)[O-])c(CCO)c1CCO. The fourth-order valence-electron chi connectivity index (χ4n) is 1.87. The molecule has 0 amide bonds. The van der Waals surface area contributed by atoms with Crippen LogP contribution in [0.15, 0.2) is 12.1 Å². The number of aromatic carboxylic acids is 2. The van der Waals surface area contributed by atoms with E-state index in [9.17, 15) is 19.8 Å². The van der Waals surface area contributed by atoms with Gasteiger partial charge in [-0.1, -0.05) is 12.1 Å². The summed E-state index contributed by atoms with van der Waals surface area (Å²) < 4.78 is 0. The van der Waals surface area contributed by atoms with Gasteiger partial charge in [-0.2, -0.15) is 0 Å². The van der Waals surface area contributed by atoms with Crippen LogP contribution in [0.2, 0.25) is 0 Å². The first kappa shape index (κ1) is 14.1. The zero-order valence-electron chi connectivity index (χ0n) is 9.51. The first-order valence-corrected chi connectivity index (χ1v) is 5.32. The number of hydrogen-bond acceptors (Lipinski definition) is 6. The van der Waals surface area contributed by atoms with Crippen molar-refractivity contribution in [1.29, 1.82) is 0 Å². The highest BCUT2D eigenvalue weighted by Gasteiger charge is 2.14. The summed E-state index contributed by atoms with van der Waals surface area (Å²) in [5, 5.41) is 39.7. The molecule has 0 bridgehead atoms. The van der Waals surface area contributed by atoms with E-state index in [0.29, 0.717) is 0 Å². The molecule has 0 aliphatic heterocycles. The second-order valence-corrected chi connectivity index (χ2v) is 3.64. The molecule has 1 rings (SSSR count). The van der Waals surface area contributed by atoms with Crippen molar-refractivity contribution in [3.63, 3.8) is 0 Å². The number of benzene rings is 1. The van der Waals surface area contributed by atoms with E-state index in [0.717, 1.165) is 12.1 Å². The number of carbonyl (C=O) groups is 2. The van der Waals surface area contributed by atoms with Gasteiger partial charge in [0, 0.05) is 24.3 Å². The van der Waals surface area contributed by atoms with Crippen molar-refractivity contribution in [3.8, 4) is 0 Å². The van der Waals surface area contributed by atoms with Gasteiger partial charge in [-0.15, -0.1) is 0 Å². The summed E-state index contributed by atoms with van der Waals surface area (Å²) in [6, 6.07) is 2.21. The fraction of sp³-hybridized carbons (Fsp3) is 0.333. The molecule has 18 heavy (non-hydrogen) atoms. The molecule has 0 aliphatic carbocycles. The summed E-state index contributed by atoms with van der Waals surface area (Å²) >= 11 is 0. The number of aliphatic hydroxyl groups is 2. The van der Waals surface area contributed by atoms with E-state index < -0.39 is 11.9 Å². The van der Waals surface area contributed by atoms with E-state index in [-0.39, 0.29) is 48.3 Å². The average Bonchev–Trinajstić information content (AvgIpc) is 2.30. The molecular weight excluding hydrogens is 240 g/mol. The molecule has 0 saturated heterocycles. The molecule has 0 unspecified atom stereocenters. The Morgan fingerprint density at radius 3 is 1.44 bits per heavy atom. The summed E-state index contributed by atoms with van der Waals surface area (Å²) in [6.07, 6.45) is -0.0560. The van der Waals surface area contributed by atoms with E-state index in [2.05, 4.69) is 0 Å². The lowest BCUT2D eigenvalue weighted by molar-refractivity contribution is -0.256. The highest BCUT2D eigenvalue weighted by Crippen LogP contribution is 2.20. The zero-order valence-corrected chi connectivity index (χ0v) is 9.51. The number of carboxylic acids is 2. The second kappa shape index (κ2) is 6.13. The molecule has 1 aromatic carbocycles. The van der Waals surface area contributed by atoms with E-state index in [1.807, 2.05) is 0 Å². The largest absolute Gasteiger partial charge is 0.545 e. The van der Waals surface area contributed by atoms with Crippen LogP contribution in [-0.2, 0) is 12.8 Å². The lowest BCUT2D eigenvalue weighted by Gasteiger charge is -2.19. The molecule has 0 radical (unpaired) electrons. The number of rotatable bonds is 6. The van der Waals surface area contributed by atoms with Crippen molar-refractivity contribution in [2.45, 2.75) is 12.8 Å². The van der Waals surface area contributed by atoms with E-state index in [4.69, 9.17) is 10.2 Å². The third kappa shape index (κ3) is 2.85. The van der Waals surface area contributed by atoms with Crippen molar-refractivity contribution in [2.75, 3.05) is 13.2 Å². The van der Waals surface area contributed by atoms with Crippen molar-refractivity contribution in [2.24, 2.45) is 0 Å². The molecule has 0 spiro atoms. The topological polar surface area (TPSA) is 121 Å². The van der Waals surface area contributed by atoms with Crippen LogP contribution in [0.3, 0.4) is 0 Å². The normalized spacial score (nSPS) is 10.3. The second-order valence-electron chi connectivity index (χ2n) is 3.64. The molecule has 98 valence electrons. The van der Waals surface area contributed by atoms with Gasteiger partial charge in [-0.3, -0.25) is 0 Å². The summed E-state index contributed by atoms with van der Waals surface area (Å²) in [5.41, 5.74) is -0.0449. The highest BCUT2D eigenvalue weighted by molar-refractivity contribution is 5.93. The van der Waals surface area contributed by atoms with Gasteiger partial charge >= 0.3 is 0 Å². The van der Waals surface area contributed by atoms with Gasteiger partial charge in [0.1, 0.15) is 0 Å². The maximum atomic E-state index is 10.9. The monoisotopic (exact) mass is 252 g/mol. The van der Waals surface area contributed by atoms with E-state index in [1.165, 1.54) is 0 Å². The Morgan fingerprint density at radius 2 is 1.22 bits per heavy atom. The van der Waals surface area contributed by atoms with Crippen LogP contribution in [0, 0.1) is 0 Å². The first-order chi connectivity index (χ1) is 8.52. The van der Waals surface area contributed by atoms with Gasteiger partial charge in [-0.25, -0.2) is 0 Å². The molecule has 0 atom stereocenters. The molecule has 0 fully saturated rings. The molecule has 0 saturated carbocycles. The summed E-state index contributed by atoms with van der Waals surface area (Å²) in [6.45, 7) is -0.676. The van der Waals surface area contributed by atoms with Crippen molar-refractivity contribution in [1.82, 2.24) is 0 Å². The smallest absolute Gasteiger partial charge is 0.0718 e. The molecule has 0 heterocycles. The summed E-state index contributed by atoms with van der Waals surface area (Å²) in [4.78, 5) is 21.8. The fourth-order valence-corrected chi connectivity index (χ4v) is 1.87. The van der Waals surface area contributed by atoms with Crippen LogP contribution in [0.25, 0.3) is 0 Å². The molecule has 1 aromatic rings. The van der Waals surface area contributed by atoms with Gasteiger partial charge < -0.3 is 30.0 Å². The number of aliphatic hydroxyl groups excluding tert-OH is 2. The molecule has 0 aromatic heterocycles. The quantitative estimate of drug-likeness (QED) is 0.576. The Hall–Kier alpha value is -1.92. The minimum atomic E-state index is -1.46. The number of carboxylic acid groups (broad SMARTS) is 2. The van der Waals surface area contributed by atoms with Crippen LogP contribution >= 0.6 is 0 Å². The minimum Gasteiger partial charge on any atom is -0.545 e. The molecule has 2 N–H and O–H groups in total. The third-order valence-electron chi connectivity index (χ3n) is 2.59. The molecule has 0 aliphatic rings. The van der Waals surface area contributed by atoms with Gasteiger partial charge in [0.25, 0.3) is 0 Å². The van der Waals surface area contributed by atoms with Crippen molar-refractivity contribution < 1.29 is 30.0 Å². The van der Waals surface area contributed by atoms with Crippen molar-refractivity contribution >= 4 is 11.9 Å². The van der Waals surface area contributed by atoms with Crippen LogP contribution in [0.1, 0.15) is 31.8 Å². The third-order valence-corrected chi connectivity index (χ3v) is 2.59. The Bertz CT molecular complexity index is 423. The van der Waals surface area contributed by atoms with Crippen LogP contribution in [0.5, 0.6) is 0 Å². The Balaban J connectivity index is 3.48. The predicted molar refractivity (Wildman–Crippen MR) is 56.7 cm³/mol. The van der Waals surface area contributed by atoms with Crippen LogP contribution < -0.4 is 10.2 Å². The molecule has 6 heteroatoms. The van der Waals surface area contributed by atoms with E-state index >= 15 is 0 Å². The Morgan fingerprint density at radius 1 is 0.889 bits per heavy atom. The predicted octanol–water partition coefficient (Wildman–Crippen LogP) is -2.52. The first-order valence-electron chi connectivity index (χ1n) is 5.32. The van der Waals surface area contributed by atoms with Gasteiger partial charge in [0.2, 0.25) is 0 Å². The summed E-state index contributed by atoms with van der Waals surface area (Å²) in [7, 11) is 0. The molecule has 6 nitrogen and oxygen atoms in total. The van der Waals surface area contributed by atoms with Gasteiger partial charge in [0.15, 0.2) is 0 Å². The van der Waals surface area contributed by atoms with Gasteiger partial charge in [-0.05, 0) is 24.0 Å². The van der Waals surface area contributed by atoms with Crippen molar-refractivity contribution in [3.05, 3.63) is 34.4 Å². The Kier molecular flexibility index (Phi) is 4.82. The molecular formula is C12H12O6-2. The summed E-state index contributed by atoms with van der Waals surface area (Å²) in [5.74, 6) is -2.91. The zero-order chi connectivity index (χ0) is 13.7. The van der Waals surface area contributed by atoms with Crippen LogP contribution in [0.4, 0.5) is 0 Å². The van der Waals surface area contributed by atoms with E-state index in [1.54, 1.807) is 0 Å². The lowest BCUT2D eigenvalue weighted by atomic mass is 9.92. The minimum absolute atomic E-state index is 0.0280. The standard InChI is InChI=1S/C12H14O6/c13-5-3-7-8(4-6-14)10(12(17)18)2-1-9(7)11(15)16/h1-2,13-14H,3-6H2,(H,15,16)(H,17,18)/p-2. The van der Waals surface area contributed by atoms with Gasteiger partial charge in [0.05, 0.1) is 11.9 Å². The number of carbonyl (C=O) groups excluding carboxylic acids is 2. The maximum Gasteiger partial charge on any atom is 0.0718 e. The van der Waals surface area contributed by atoms with Crippen LogP contribution in [-0.4, -0.2) is 35.4 Å².